The first-order chi connectivity index (χ1) is 11.5. The lowest BCUT2D eigenvalue weighted by Gasteiger charge is -2.17. The van der Waals surface area contributed by atoms with E-state index in [0.29, 0.717) is 5.16 Å². The van der Waals surface area contributed by atoms with E-state index in [1.165, 1.54) is 16.7 Å². The van der Waals surface area contributed by atoms with Gasteiger partial charge in [-0.15, -0.1) is 10.2 Å². The Hall–Kier alpha value is -2.35. The summed E-state index contributed by atoms with van der Waals surface area (Å²) in [5.74, 6) is -0.140. The molecule has 0 unspecified atom stereocenters. The molecule has 0 spiro atoms. The fourth-order valence-electron chi connectivity index (χ4n) is 2.08. The lowest BCUT2D eigenvalue weighted by molar-refractivity contribution is -0.131. The zero-order valence-corrected chi connectivity index (χ0v) is 14.8. The van der Waals surface area contributed by atoms with Gasteiger partial charge in [0.25, 0.3) is 0 Å². The van der Waals surface area contributed by atoms with Gasteiger partial charge in [-0.2, -0.15) is 0 Å². The van der Waals surface area contributed by atoms with E-state index in [-0.39, 0.29) is 24.1 Å². The molecule has 128 valence electrons. The van der Waals surface area contributed by atoms with Crippen molar-refractivity contribution >= 4 is 29.3 Å². The van der Waals surface area contributed by atoms with Crippen LogP contribution in [-0.4, -0.2) is 50.8 Å². The number of para-hydroxylation sites is 1. The lowest BCUT2D eigenvalue weighted by atomic mass is 10.1. The van der Waals surface area contributed by atoms with Gasteiger partial charge in [0.2, 0.25) is 11.8 Å². The van der Waals surface area contributed by atoms with Crippen LogP contribution >= 0.6 is 11.8 Å². The first-order valence-electron chi connectivity index (χ1n) is 7.59. The molecule has 24 heavy (non-hydrogen) atoms. The molecule has 0 atom stereocenters. The van der Waals surface area contributed by atoms with Crippen LogP contribution in [0.4, 0.5) is 5.69 Å². The summed E-state index contributed by atoms with van der Waals surface area (Å²) in [4.78, 5) is 25.7. The predicted octanol–water partition coefficient (Wildman–Crippen LogP) is 1.57. The van der Waals surface area contributed by atoms with Crippen LogP contribution in [0.2, 0.25) is 0 Å². The molecule has 2 aromatic rings. The molecule has 0 aliphatic carbocycles. The number of carbonyl (C=O) groups excluding carboxylic acids is 2. The molecular formula is C16H21N5O2S. The number of hydrogen-bond acceptors (Lipinski definition) is 5. The van der Waals surface area contributed by atoms with Gasteiger partial charge in [-0.25, -0.2) is 0 Å². The summed E-state index contributed by atoms with van der Waals surface area (Å²) in [5, 5.41) is 11.2. The molecule has 0 radical (unpaired) electrons. The molecule has 1 N–H and O–H groups in total. The normalized spacial score (nSPS) is 10.5. The quantitative estimate of drug-likeness (QED) is 0.769. The molecule has 0 saturated heterocycles. The molecule has 0 fully saturated rings. The lowest BCUT2D eigenvalue weighted by Crippen LogP contribution is -2.36. The summed E-state index contributed by atoms with van der Waals surface area (Å²) in [5.41, 5.74) is 1.86. The summed E-state index contributed by atoms with van der Waals surface area (Å²) in [7, 11) is 3.43. The number of nitrogens with zero attached hydrogens (tertiary/aromatic N) is 4. The van der Waals surface area contributed by atoms with E-state index >= 15 is 0 Å². The SMILES string of the molecule is CCc1ccccc1NC(=O)CN(C)C(=O)CSc1nncn1C. The summed E-state index contributed by atoms with van der Waals surface area (Å²) >= 11 is 1.29. The van der Waals surface area contributed by atoms with Gasteiger partial charge in [0.15, 0.2) is 5.16 Å². The Morgan fingerprint density at radius 1 is 1.33 bits per heavy atom. The summed E-state index contributed by atoms with van der Waals surface area (Å²) < 4.78 is 1.74. The van der Waals surface area contributed by atoms with Crippen molar-refractivity contribution < 1.29 is 9.59 Å². The fraction of sp³-hybridized carbons (Fsp3) is 0.375. The minimum atomic E-state index is -0.213. The van der Waals surface area contributed by atoms with Gasteiger partial charge in [0.05, 0.1) is 12.3 Å². The standard InChI is InChI=1S/C16H21N5O2S/c1-4-12-7-5-6-8-13(12)18-14(22)9-20(2)15(23)10-24-16-19-17-11-21(16)3/h5-8,11H,4,9-10H2,1-3H3,(H,18,22). The van der Waals surface area contributed by atoms with Gasteiger partial charge in [0.1, 0.15) is 6.33 Å². The minimum absolute atomic E-state index is 0.0102. The number of hydrogen-bond donors (Lipinski definition) is 1. The number of anilines is 1. The van der Waals surface area contributed by atoms with Gasteiger partial charge in [-0.1, -0.05) is 36.9 Å². The molecule has 0 bridgehead atoms. The molecule has 2 amide bonds. The second kappa shape index (κ2) is 8.49. The maximum absolute atomic E-state index is 12.1. The number of rotatable bonds is 7. The largest absolute Gasteiger partial charge is 0.336 e. The number of benzene rings is 1. The van der Waals surface area contributed by atoms with Gasteiger partial charge in [0, 0.05) is 19.8 Å². The molecule has 0 aliphatic rings. The second-order valence-corrected chi connectivity index (χ2v) is 6.26. The maximum atomic E-state index is 12.1. The number of thioether (sulfide) groups is 1. The van der Waals surface area contributed by atoms with Gasteiger partial charge >= 0.3 is 0 Å². The van der Waals surface area contributed by atoms with Crippen LogP contribution in [0.5, 0.6) is 0 Å². The number of aromatic nitrogens is 3. The smallest absolute Gasteiger partial charge is 0.243 e. The third kappa shape index (κ3) is 4.82. The van der Waals surface area contributed by atoms with Crippen LogP contribution in [0, 0.1) is 0 Å². The number of nitrogens with one attached hydrogen (secondary N) is 1. The van der Waals surface area contributed by atoms with Crippen LogP contribution < -0.4 is 5.32 Å². The Morgan fingerprint density at radius 2 is 2.08 bits per heavy atom. The highest BCUT2D eigenvalue weighted by Crippen LogP contribution is 2.16. The predicted molar refractivity (Wildman–Crippen MR) is 93.8 cm³/mol. The average molecular weight is 347 g/mol. The molecule has 0 aliphatic heterocycles. The molecule has 1 aromatic heterocycles. The van der Waals surface area contributed by atoms with Crippen molar-refractivity contribution in [2.24, 2.45) is 7.05 Å². The van der Waals surface area contributed by atoms with E-state index in [1.807, 2.05) is 38.2 Å². The van der Waals surface area contributed by atoms with E-state index in [4.69, 9.17) is 0 Å². The Balaban J connectivity index is 1.84. The first kappa shape index (κ1) is 18.0. The van der Waals surface area contributed by atoms with Crippen LogP contribution in [0.25, 0.3) is 0 Å². The van der Waals surface area contributed by atoms with Crippen molar-refractivity contribution in [1.82, 2.24) is 19.7 Å². The monoisotopic (exact) mass is 347 g/mol. The van der Waals surface area contributed by atoms with E-state index in [9.17, 15) is 9.59 Å². The van der Waals surface area contributed by atoms with Crippen molar-refractivity contribution in [2.75, 3.05) is 24.7 Å². The summed E-state index contributed by atoms with van der Waals surface area (Å²) in [6.45, 7) is 2.04. The van der Waals surface area contributed by atoms with Crippen molar-refractivity contribution in [3.05, 3.63) is 36.2 Å². The Bertz CT molecular complexity index is 716. The van der Waals surface area contributed by atoms with Gasteiger partial charge in [-0.05, 0) is 18.1 Å². The van der Waals surface area contributed by atoms with Crippen molar-refractivity contribution in [3.8, 4) is 0 Å². The topological polar surface area (TPSA) is 80.1 Å². The Kier molecular flexibility index (Phi) is 6.36. The van der Waals surface area contributed by atoms with E-state index in [2.05, 4.69) is 15.5 Å². The minimum Gasteiger partial charge on any atom is -0.336 e. The molecule has 1 aromatic carbocycles. The van der Waals surface area contributed by atoms with Crippen LogP contribution in [0.3, 0.4) is 0 Å². The number of carbonyl (C=O) groups is 2. The number of likely N-dealkylation sites (N-methyl/N-ethyl adjacent to an activating group) is 1. The highest BCUT2D eigenvalue weighted by atomic mass is 32.2. The zero-order valence-electron chi connectivity index (χ0n) is 14.0. The van der Waals surface area contributed by atoms with Crippen molar-refractivity contribution in [2.45, 2.75) is 18.5 Å². The third-order valence-corrected chi connectivity index (χ3v) is 4.49. The zero-order chi connectivity index (χ0) is 17.5. The van der Waals surface area contributed by atoms with Gasteiger partial charge < -0.3 is 14.8 Å². The number of aryl methyl sites for hydroxylation is 2. The molecule has 7 nitrogen and oxygen atoms in total. The first-order valence-corrected chi connectivity index (χ1v) is 8.58. The Morgan fingerprint density at radius 3 is 2.75 bits per heavy atom. The molecule has 2 rings (SSSR count). The third-order valence-electron chi connectivity index (χ3n) is 3.47. The van der Waals surface area contributed by atoms with E-state index in [0.717, 1.165) is 17.7 Å². The van der Waals surface area contributed by atoms with Gasteiger partial charge in [-0.3, -0.25) is 9.59 Å². The van der Waals surface area contributed by atoms with E-state index in [1.54, 1.807) is 17.9 Å². The molecule has 8 heteroatoms. The van der Waals surface area contributed by atoms with Crippen molar-refractivity contribution in [3.63, 3.8) is 0 Å². The maximum Gasteiger partial charge on any atom is 0.243 e. The summed E-state index contributed by atoms with van der Waals surface area (Å²) in [6.07, 6.45) is 2.41. The highest BCUT2D eigenvalue weighted by molar-refractivity contribution is 7.99. The van der Waals surface area contributed by atoms with Crippen molar-refractivity contribution in [1.29, 1.82) is 0 Å². The molecule has 0 saturated carbocycles. The Labute approximate surface area is 145 Å². The summed E-state index contributed by atoms with van der Waals surface area (Å²) in [6, 6.07) is 7.65. The molecule has 1 heterocycles. The van der Waals surface area contributed by atoms with Crippen LogP contribution in [0.1, 0.15) is 12.5 Å². The second-order valence-electron chi connectivity index (χ2n) is 5.32. The number of amides is 2. The fourth-order valence-corrected chi connectivity index (χ4v) is 2.91. The molecular weight excluding hydrogens is 326 g/mol. The highest BCUT2D eigenvalue weighted by Gasteiger charge is 2.15. The van der Waals surface area contributed by atoms with Crippen LogP contribution in [0.15, 0.2) is 35.7 Å². The average Bonchev–Trinajstić information content (AvgIpc) is 2.98. The van der Waals surface area contributed by atoms with Crippen LogP contribution in [-0.2, 0) is 23.1 Å². The van der Waals surface area contributed by atoms with E-state index < -0.39 is 0 Å².